The fourth-order valence-corrected chi connectivity index (χ4v) is 2.61. The summed E-state index contributed by atoms with van der Waals surface area (Å²) in [6.07, 6.45) is 0.225. The van der Waals surface area contributed by atoms with Gasteiger partial charge in [0.2, 0.25) is 5.91 Å². The van der Waals surface area contributed by atoms with Crippen molar-refractivity contribution in [2.45, 2.75) is 6.42 Å². The van der Waals surface area contributed by atoms with Gasteiger partial charge in [-0.15, -0.1) is 0 Å². The predicted octanol–water partition coefficient (Wildman–Crippen LogP) is 0.804. The third kappa shape index (κ3) is 2.22. The molecule has 1 N–H and O–H groups in total. The summed E-state index contributed by atoms with van der Waals surface area (Å²) < 4.78 is 10.1. The SMILES string of the molecule is COC(=O)c1cc(N2CCOCC2)cc2c1CC(=O)N2. The van der Waals surface area contributed by atoms with E-state index in [0.29, 0.717) is 24.5 Å². The number of ether oxygens (including phenoxy) is 2. The summed E-state index contributed by atoms with van der Waals surface area (Å²) in [6, 6.07) is 3.72. The molecule has 0 radical (unpaired) electrons. The first-order valence-electron chi connectivity index (χ1n) is 6.57. The summed E-state index contributed by atoms with van der Waals surface area (Å²) in [5.74, 6) is -0.503. The minimum atomic E-state index is -0.409. The third-order valence-corrected chi connectivity index (χ3v) is 3.63. The largest absolute Gasteiger partial charge is 0.465 e. The van der Waals surface area contributed by atoms with Crippen LogP contribution >= 0.6 is 0 Å². The molecular weight excluding hydrogens is 260 g/mol. The summed E-state index contributed by atoms with van der Waals surface area (Å²) in [7, 11) is 1.35. The number of carbonyl (C=O) groups is 2. The van der Waals surface area contributed by atoms with Crippen LogP contribution in [0.3, 0.4) is 0 Å². The topological polar surface area (TPSA) is 67.9 Å². The average Bonchev–Trinajstić information content (AvgIpc) is 2.86. The molecule has 3 rings (SSSR count). The van der Waals surface area contributed by atoms with Gasteiger partial charge in [0.25, 0.3) is 0 Å². The Morgan fingerprint density at radius 3 is 2.80 bits per heavy atom. The van der Waals surface area contributed by atoms with Gasteiger partial charge in [-0.3, -0.25) is 4.79 Å². The summed E-state index contributed by atoms with van der Waals surface area (Å²) in [6.45, 7) is 2.87. The highest BCUT2D eigenvalue weighted by Crippen LogP contribution is 2.32. The number of hydrogen-bond donors (Lipinski definition) is 1. The van der Waals surface area contributed by atoms with Crippen molar-refractivity contribution in [2.24, 2.45) is 0 Å². The molecule has 1 amide bonds. The van der Waals surface area contributed by atoms with E-state index in [2.05, 4.69) is 10.2 Å². The van der Waals surface area contributed by atoms with Gasteiger partial charge < -0.3 is 19.7 Å². The highest BCUT2D eigenvalue weighted by molar-refractivity contribution is 6.05. The maximum absolute atomic E-state index is 11.9. The molecule has 106 valence electrons. The van der Waals surface area contributed by atoms with Crippen LogP contribution in [0.25, 0.3) is 0 Å². The molecule has 0 unspecified atom stereocenters. The van der Waals surface area contributed by atoms with Gasteiger partial charge >= 0.3 is 5.97 Å². The number of carbonyl (C=O) groups excluding carboxylic acids is 2. The van der Waals surface area contributed by atoms with Gasteiger partial charge in [-0.1, -0.05) is 0 Å². The normalized spacial score (nSPS) is 17.6. The van der Waals surface area contributed by atoms with Crippen molar-refractivity contribution >= 4 is 23.3 Å². The quantitative estimate of drug-likeness (QED) is 0.809. The Balaban J connectivity index is 2.02. The lowest BCUT2D eigenvalue weighted by Crippen LogP contribution is -2.36. The van der Waals surface area contributed by atoms with Crippen LogP contribution in [0.4, 0.5) is 11.4 Å². The first kappa shape index (κ1) is 12.9. The Morgan fingerprint density at radius 1 is 1.35 bits per heavy atom. The number of anilines is 2. The number of rotatable bonds is 2. The van der Waals surface area contributed by atoms with Gasteiger partial charge in [0.05, 0.1) is 32.3 Å². The Kier molecular flexibility index (Phi) is 3.31. The standard InChI is InChI=1S/C14H16N2O4/c1-19-14(18)11-6-9(16-2-4-20-5-3-16)7-12-10(11)8-13(17)15-12/h6-7H,2-5,8H2,1H3,(H,15,17). The van der Waals surface area contributed by atoms with Crippen LogP contribution in [0.15, 0.2) is 12.1 Å². The number of methoxy groups -OCH3 is 1. The second kappa shape index (κ2) is 5.13. The second-order valence-corrected chi connectivity index (χ2v) is 4.84. The van der Waals surface area contributed by atoms with Gasteiger partial charge in [0.15, 0.2) is 0 Å². The van der Waals surface area contributed by atoms with E-state index in [4.69, 9.17) is 9.47 Å². The molecule has 20 heavy (non-hydrogen) atoms. The van der Waals surface area contributed by atoms with Crippen molar-refractivity contribution in [3.05, 3.63) is 23.3 Å². The fraction of sp³-hybridized carbons (Fsp3) is 0.429. The van der Waals surface area contributed by atoms with Crippen LogP contribution in [-0.2, 0) is 20.7 Å². The molecule has 0 saturated carbocycles. The number of nitrogens with one attached hydrogen (secondary N) is 1. The number of hydrogen-bond acceptors (Lipinski definition) is 5. The van der Waals surface area contributed by atoms with Crippen molar-refractivity contribution in [2.75, 3.05) is 43.6 Å². The van der Waals surface area contributed by atoms with Crippen molar-refractivity contribution in [1.82, 2.24) is 0 Å². The molecule has 1 aromatic carbocycles. The lowest BCUT2D eigenvalue weighted by atomic mass is 10.0. The van der Waals surface area contributed by atoms with E-state index in [9.17, 15) is 9.59 Å². The first-order chi connectivity index (χ1) is 9.69. The zero-order valence-electron chi connectivity index (χ0n) is 11.3. The van der Waals surface area contributed by atoms with E-state index in [-0.39, 0.29) is 12.3 Å². The lowest BCUT2D eigenvalue weighted by Gasteiger charge is -2.29. The summed E-state index contributed by atoms with van der Waals surface area (Å²) in [4.78, 5) is 25.6. The molecule has 6 heteroatoms. The van der Waals surface area contributed by atoms with Crippen LogP contribution in [0.2, 0.25) is 0 Å². The molecule has 0 aromatic heterocycles. The molecule has 2 aliphatic rings. The monoisotopic (exact) mass is 276 g/mol. The third-order valence-electron chi connectivity index (χ3n) is 3.63. The lowest BCUT2D eigenvalue weighted by molar-refractivity contribution is -0.115. The highest BCUT2D eigenvalue weighted by atomic mass is 16.5. The minimum absolute atomic E-state index is 0.0933. The Morgan fingerprint density at radius 2 is 2.10 bits per heavy atom. The highest BCUT2D eigenvalue weighted by Gasteiger charge is 2.26. The van der Waals surface area contributed by atoms with Crippen LogP contribution in [0.1, 0.15) is 15.9 Å². The molecule has 1 aromatic rings. The number of amides is 1. The summed E-state index contributed by atoms with van der Waals surface area (Å²) >= 11 is 0. The van der Waals surface area contributed by atoms with Gasteiger partial charge in [-0.2, -0.15) is 0 Å². The molecule has 0 bridgehead atoms. The molecular formula is C14H16N2O4. The van der Waals surface area contributed by atoms with Crippen LogP contribution < -0.4 is 10.2 Å². The summed E-state index contributed by atoms with van der Waals surface area (Å²) in [5, 5.41) is 2.79. The van der Waals surface area contributed by atoms with Gasteiger partial charge in [-0.05, 0) is 17.7 Å². The Bertz CT molecular complexity index is 565. The molecule has 0 aliphatic carbocycles. The van der Waals surface area contributed by atoms with Gasteiger partial charge in [0.1, 0.15) is 0 Å². The molecule has 2 heterocycles. The van der Waals surface area contributed by atoms with E-state index in [1.807, 2.05) is 6.07 Å². The first-order valence-corrected chi connectivity index (χ1v) is 6.57. The zero-order chi connectivity index (χ0) is 14.1. The number of morpholine rings is 1. The fourth-order valence-electron chi connectivity index (χ4n) is 2.61. The van der Waals surface area contributed by atoms with Crippen LogP contribution in [0, 0.1) is 0 Å². The van der Waals surface area contributed by atoms with Crippen LogP contribution in [0.5, 0.6) is 0 Å². The van der Waals surface area contributed by atoms with Crippen molar-refractivity contribution in [3.63, 3.8) is 0 Å². The van der Waals surface area contributed by atoms with Crippen molar-refractivity contribution < 1.29 is 19.1 Å². The van der Waals surface area contributed by atoms with E-state index in [0.717, 1.165) is 24.3 Å². The van der Waals surface area contributed by atoms with E-state index in [1.165, 1.54) is 7.11 Å². The van der Waals surface area contributed by atoms with Gasteiger partial charge in [0, 0.05) is 24.5 Å². The molecule has 6 nitrogen and oxygen atoms in total. The number of fused-ring (bicyclic) bond motifs is 1. The molecule has 0 atom stereocenters. The summed E-state index contributed by atoms with van der Waals surface area (Å²) in [5.41, 5.74) is 2.80. The molecule has 2 aliphatic heterocycles. The average molecular weight is 276 g/mol. The van der Waals surface area contributed by atoms with Gasteiger partial charge in [-0.25, -0.2) is 4.79 Å². The van der Waals surface area contributed by atoms with E-state index < -0.39 is 5.97 Å². The molecule has 1 fully saturated rings. The number of esters is 1. The maximum atomic E-state index is 11.9. The number of benzene rings is 1. The van der Waals surface area contributed by atoms with E-state index in [1.54, 1.807) is 6.07 Å². The zero-order valence-corrected chi connectivity index (χ0v) is 11.3. The second-order valence-electron chi connectivity index (χ2n) is 4.84. The Labute approximate surface area is 116 Å². The maximum Gasteiger partial charge on any atom is 0.338 e. The number of nitrogens with zero attached hydrogens (tertiary/aromatic N) is 1. The van der Waals surface area contributed by atoms with E-state index >= 15 is 0 Å². The van der Waals surface area contributed by atoms with Crippen molar-refractivity contribution in [3.8, 4) is 0 Å². The smallest absolute Gasteiger partial charge is 0.338 e. The predicted molar refractivity (Wildman–Crippen MR) is 73.1 cm³/mol. The van der Waals surface area contributed by atoms with Crippen molar-refractivity contribution in [1.29, 1.82) is 0 Å². The van der Waals surface area contributed by atoms with Crippen LogP contribution in [-0.4, -0.2) is 45.3 Å². The minimum Gasteiger partial charge on any atom is -0.465 e. The molecule has 1 saturated heterocycles. The Hall–Kier alpha value is -2.08. The molecule has 0 spiro atoms.